The molecule has 1 aliphatic heterocycles. The van der Waals surface area contributed by atoms with E-state index in [1.807, 2.05) is 41.2 Å². The summed E-state index contributed by atoms with van der Waals surface area (Å²) in [6.07, 6.45) is 3.89. The Bertz CT molecular complexity index is 689. The Morgan fingerprint density at radius 1 is 1.08 bits per heavy atom. The molecule has 6 heteroatoms. The summed E-state index contributed by atoms with van der Waals surface area (Å²) in [6, 6.07) is 10.6. The third-order valence-electron chi connectivity index (χ3n) is 4.07. The van der Waals surface area contributed by atoms with Crippen LogP contribution in [0.2, 0.25) is 0 Å². The van der Waals surface area contributed by atoms with Crippen molar-refractivity contribution >= 4 is 11.8 Å². The van der Waals surface area contributed by atoms with Gasteiger partial charge in [0.25, 0.3) is 5.91 Å². The Hall–Kier alpha value is -2.60. The van der Waals surface area contributed by atoms with Crippen LogP contribution in [0, 0.1) is 0 Å². The van der Waals surface area contributed by atoms with Gasteiger partial charge in [0, 0.05) is 36.7 Å². The third kappa shape index (κ3) is 3.65. The van der Waals surface area contributed by atoms with E-state index >= 15 is 0 Å². The molecule has 126 valence electrons. The van der Waals surface area contributed by atoms with Crippen LogP contribution in [0.4, 0.5) is 0 Å². The smallest absolute Gasteiger partial charge is 0.251 e. The fourth-order valence-electron chi connectivity index (χ4n) is 2.69. The Balaban J connectivity index is 1.60. The van der Waals surface area contributed by atoms with Crippen LogP contribution >= 0.6 is 0 Å². The van der Waals surface area contributed by atoms with Crippen molar-refractivity contribution in [3.05, 3.63) is 54.4 Å². The average Bonchev–Trinajstić information content (AvgIpc) is 3.16. The van der Waals surface area contributed by atoms with Crippen molar-refractivity contribution in [2.24, 2.45) is 0 Å². The lowest BCUT2D eigenvalue weighted by Crippen LogP contribution is -2.50. The van der Waals surface area contributed by atoms with E-state index in [4.69, 9.17) is 4.74 Å². The van der Waals surface area contributed by atoms with Crippen molar-refractivity contribution < 1.29 is 14.3 Å². The molecule has 1 aliphatic rings. The molecule has 2 aromatic rings. The molecule has 1 atom stereocenters. The summed E-state index contributed by atoms with van der Waals surface area (Å²) in [6.45, 7) is 3.96. The molecule has 0 spiro atoms. The molecule has 0 bridgehead atoms. The van der Waals surface area contributed by atoms with E-state index in [0.29, 0.717) is 31.9 Å². The van der Waals surface area contributed by atoms with Crippen LogP contribution in [0.1, 0.15) is 17.3 Å². The molecule has 1 N–H and O–H groups in total. The zero-order chi connectivity index (χ0) is 16.9. The highest BCUT2D eigenvalue weighted by molar-refractivity contribution is 5.97. The van der Waals surface area contributed by atoms with Crippen molar-refractivity contribution in [2.75, 3.05) is 26.3 Å². The Morgan fingerprint density at radius 2 is 1.71 bits per heavy atom. The van der Waals surface area contributed by atoms with E-state index in [9.17, 15) is 9.59 Å². The van der Waals surface area contributed by atoms with Gasteiger partial charge in [-0.25, -0.2) is 0 Å². The molecular formula is C18H21N3O3. The fraction of sp³-hybridized carbons (Fsp3) is 0.333. The first-order chi connectivity index (χ1) is 11.6. The second kappa shape index (κ2) is 7.31. The maximum Gasteiger partial charge on any atom is 0.251 e. The van der Waals surface area contributed by atoms with Crippen LogP contribution in [0.3, 0.4) is 0 Å². The number of rotatable bonds is 4. The van der Waals surface area contributed by atoms with Gasteiger partial charge in [0.15, 0.2) is 0 Å². The minimum Gasteiger partial charge on any atom is -0.378 e. The van der Waals surface area contributed by atoms with Crippen molar-refractivity contribution in [2.45, 2.75) is 13.0 Å². The molecule has 0 radical (unpaired) electrons. The fourth-order valence-corrected chi connectivity index (χ4v) is 2.69. The van der Waals surface area contributed by atoms with Crippen LogP contribution < -0.4 is 5.32 Å². The second-order valence-electron chi connectivity index (χ2n) is 5.77. The number of carbonyl (C=O) groups excluding carboxylic acids is 2. The summed E-state index contributed by atoms with van der Waals surface area (Å²) in [5.74, 6) is -0.321. The number of hydrogen-bond donors (Lipinski definition) is 1. The maximum atomic E-state index is 12.3. The van der Waals surface area contributed by atoms with E-state index in [1.54, 1.807) is 24.0 Å². The summed E-state index contributed by atoms with van der Waals surface area (Å²) in [4.78, 5) is 26.4. The van der Waals surface area contributed by atoms with Crippen molar-refractivity contribution in [3.8, 4) is 5.69 Å². The first kappa shape index (κ1) is 16.3. The van der Waals surface area contributed by atoms with Gasteiger partial charge < -0.3 is 19.5 Å². The predicted molar refractivity (Wildman–Crippen MR) is 90.1 cm³/mol. The van der Waals surface area contributed by atoms with E-state index < -0.39 is 6.04 Å². The number of ether oxygens (including phenoxy) is 1. The maximum absolute atomic E-state index is 12.3. The van der Waals surface area contributed by atoms with Crippen LogP contribution in [0.5, 0.6) is 0 Å². The molecule has 1 saturated heterocycles. The highest BCUT2D eigenvalue weighted by Gasteiger charge is 2.23. The van der Waals surface area contributed by atoms with Gasteiger partial charge in [-0.3, -0.25) is 9.59 Å². The van der Waals surface area contributed by atoms with Crippen LogP contribution in [-0.2, 0) is 9.53 Å². The highest BCUT2D eigenvalue weighted by atomic mass is 16.5. The molecule has 3 rings (SSSR count). The Morgan fingerprint density at radius 3 is 2.33 bits per heavy atom. The van der Waals surface area contributed by atoms with E-state index in [2.05, 4.69) is 5.32 Å². The standard InChI is InChI=1S/C18H21N3O3/c1-14(18(23)21-10-12-24-13-11-21)19-17(22)15-4-6-16(7-5-15)20-8-2-3-9-20/h2-9,14H,10-13H2,1H3,(H,19,22)/t14-/m1/s1. The Labute approximate surface area is 141 Å². The van der Waals surface area contributed by atoms with Gasteiger partial charge in [-0.15, -0.1) is 0 Å². The van der Waals surface area contributed by atoms with Gasteiger partial charge in [0.05, 0.1) is 13.2 Å². The number of carbonyl (C=O) groups is 2. The minimum atomic E-state index is -0.556. The van der Waals surface area contributed by atoms with Crippen LogP contribution in [0.15, 0.2) is 48.8 Å². The number of benzene rings is 1. The second-order valence-corrected chi connectivity index (χ2v) is 5.77. The largest absolute Gasteiger partial charge is 0.378 e. The summed E-state index contributed by atoms with van der Waals surface area (Å²) in [7, 11) is 0. The summed E-state index contributed by atoms with van der Waals surface area (Å²) >= 11 is 0. The first-order valence-corrected chi connectivity index (χ1v) is 8.06. The number of morpholine rings is 1. The lowest BCUT2D eigenvalue weighted by Gasteiger charge is -2.29. The summed E-state index contributed by atoms with van der Waals surface area (Å²) in [5.41, 5.74) is 1.52. The van der Waals surface area contributed by atoms with Gasteiger partial charge >= 0.3 is 0 Å². The quantitative estimate of drug-likeness (QED) is 0.924. The molecule has 0 aliphatic carbocycles. The average molecular weight is 327 g/mol. The number of hydrogen-bond acceptors (Lipinski definition) is 3. The summed E-state index contributed by atoms with van der Waals surface area (Å²) in [5, 5.41) is 2.77. The molecule has 24 heavy (non-hydrogen) atoms. The van der Waals surface area contributed by atoms with E-state index in [1.165, 1.54) is 0 Å². The summed E-state index contributed by atoms with van der Waals surface area (Å²) < 4.78 is 7.20. The molecule has 1 aromatic heterocycles. The van der Waals surface area contributed by atoms with Gasteiger partial charge in [-0.05, 0) is 43.3 Å². The lowest BCUT2D eigenvalue weighted by molar-refractivity contribution is -0.136. The lowest BCUT2D eigenvalue weighted by atomic mass is 10.1. The zero-order valence-electron chi connectivity index (χ0n) is 13.6. The monoisotopic (exact) mass is 327 g/mol. The molecule has 2 amide bonds. The predicted octanol–water partition coefficient (Wildman–Crippen LogP) is 1.45. The third-order valence-corrected chi connectivity index (χ3v) is 4.07. The van der Waals surface area contributed by atoms with E-state index in [-0.39, 0.29) is 11.8 Å². The van der Waals surface area contributed by atoms with Gasteiger partial charge in [0.2, 0.25) is 5.91 Å². The SMILES string of the molecule is C[C@@H](NC(=O)c1ccc(-n2cccc2)cc1)C(=O)N1CCOCC1. The van der Waals surface area contributed by atoms with Gasteiger partial charge in [-0.1, -0.05) is 0 Å². The van der Waals surface area contributed by atoms with Crippen LogP contribution in [-0.4, -0.2) is 53.6 Å². The minimum absolute atomic E-state index is 0.0735. The Kier molecular flexibility index (Phi) is 4.96. The van der Waals surface area contributed by atoms with Crippen LogP contribution in [0.25, 0.3) is 5.69 Å². The number of nitrogens with zero attached hydrogens (tertiary/aromatic N) is 2. The molecule has 0 unspecified atom stereocenters. The molecule has 0 saturated carbocycles. The normalized spacial score (nSPS) is 15.8. The molecular weight excluding hydrogens is 306 g/mol. The van der Waals surface area contributed by atoms with Gasteiger partial charge in [0.1, 0.15) is 6.04 Å². The number of nitrogens with one attached hydrogen (secondary N) is 1. The number of amides is 2. The van der Waals surface area contributed by atoms with Crippen molar-refractivity contribution in [3.63, 3.8) is 0 Å². The number of aromatic nitrogens is 1. The highest BCUT2D eigenvalue weighted by Crippen LogP contribution is 2.10. The van der Waals surface area contributed by atoms with Crippen molar-refractivity contribution in [1.29, 1.82) is 0 Å². The van der Waals surface area contributed by atoms with Crippen molar-refractivity contribution in [1.82, 2.24) is 14.8 Å². The van der Waals surface area contributed by atoms with Gasteiger partial charge in [-0.2, -0.15) is 0 Å². The molecule has 1 fully saturated rings. The molecule has 6 nitrogen and oxygen atoms in total. The molecule has 2 heterocycles. The zero-order valence-corrected chi connectivity index (χ0v) is 13.6. The first-order valence-electron chi connectivity index (χ1n) is 8.06. The topological polar surface area (TPSA) is 63.6 Å². The van der Waals surface area contributed by atoms with E-state index in [0.717, 1.165) is 5.69 Å². The molecule has 1 aromatic carbocycles.